The molecule has 0 fully saturated rings. The van der Waals surface area contributed by atoms with E-state index in [1.807, 2.05) is 0 Å². The quantitative estimate of drug-likeness (QED) is 0.717. The number of carbonyl (C=O) groups excluding carboxylic acids is 1. The fourth-order valence-corrected chi connectivity index (χ4v) is 2.85. The minimum atomic E-state index is -0.450. The van der Waals surface area contributed by atoms with Gasteiger partial charge in [0.05, 0.1) is 6.20 Å². The lowest BCUT2D eigenvalue weighted by Gasteiger charge is -2.12. The second-order valence-electron chi connectivity index (χ2n) is 6.44. The Hall–Kier alpha value is -3.81. The van der Waals surface area contributed by atoms with Gasteiger partial charge in [-0.2, -0.15) is 0 Å². The number of benzene rings is 2. The van der Waals surface area contributed by atoms with E-state index in [0.29, 0.717) is 17.2 Å². The number of hydrogen-bond acceptors (Lipinski definition) is 5. The van der Waals surface area contributed by atoms with Crippen molar-refractivity contribution in [3.63, 3.8) is 0 Å². The summed E-state index contributed by atoms with van der Waals surface area (Å²) in [6.45, 7) is 0.249. The molecule has 1 aromatic heterocycles. The average molecular weight is 396 g/mol. The third-order valence-corrected chi connectivity index (χ3v) is 4.37. The van der Waals surface area contributed by atoms with Crippen LogP contribution in [0.5, 0.6) is 17.2 Å². The summed E-state index contributed by atoms with van der Waals surface area (Å²) in [4.78, 5) is 25.0. The van der Waals surface area contributed by atoms with E-state index in [1.54, 1.807) is 37.4 Å². The lowest BCUT2D eigenvalue weighted by Crippen LogP contribution is -2.21. The first kappa shape index (κ1) is 18.5. The third-order valence-electron chi connectivity index (χ3n) is 4.37. The van der Waals surface area contributed by atoms with Crippen LogP contribution in [0.25, 0.3) is 0 Å². The van der Waals surface area contributed by atoms with Gasteiger partial charge in [0.2, 0.25) is 12.2 Å². The Kier molecular flexibility index (Phi) is 4.90. The van der Waals surface area contributed by atoms with Gasteiger partial charge in [0, 0.05) is 24.9 Å². The topological polar surface area (TPSA) is 78.8 Å². The van der Waals surface area contributed by atoms with Crippen molar-refractivity contribution in [2.75, 3.05) is 12.1 Å². The van der Waals surface area contributed by atoms with E-state index < -0.39 is 11.3 Å². The van der Waals surface area contributed by atoms with E-state index in [1.165, 1.54) is 29.0 Å². The summed E-state index contributed by atoms with van der Waals surface area (Å²) >= 11 is 0. The van der Waals surface area contributed by atoms with Crippen LogP contribution in [0.15, 0.2) is 59.5 Å². The van der Waals surface area contributed by atoms with E-state index >= 15 is 0 Å². The number of ether oxygens (including phenoxy) is 3. The number of carbonyl (C=O) groups is 1. The molecule has 0 atom stereocenters. The van der Waals surface area contributed by atoms with Crippen molar-refractivity contribution in [3.8, 4) is 17.2 Å². The van der Waals surface area contributed by atoms with Crippen LogP contribution in [-0.4, -0.2) is 17.3 Å². The molecule has 0 unspecified atom stereocenters. The summed E-state index contributed by atoms with van der Waals surface area (Å²) < 4.78 is 30.5. The van der Waals surface area contributed by atoms with Crippen LogP contribution >= 0.6 is 0 Å². The van der Waals surface area contributed by atoms with Gasteiger partial charge >= 0.3 is 0 Å². The molecule has 0 saturated carbocycles. The Balaban J connectivity index is 1.48. The van der Waals surface area contributed by atoms with Crippen molar-refractivity contribution < 1.29 is 23.4 Å². The van der Waals surface area contributed by atoms with Gasteiger partial charge in [0.1, 0.15) is 18.1 Å². The Labute approximate surface area is 165 Å². The second kappa shape index (κ2) is 7.67. The van der Waals surface area contributed by atoms with E-state index in [-0.39, 0.29) is 30.7 Å². The summed E-state index contributed by atoms with van der Waals surface area (Å²) in [5.74, 6) is 0.451. The largest absolute Gasteiger partial charge is 0.483 e. The molecule has 0 bridgehead atoms. The van der Waals surface area contributed by atoms with Crippen LogP contribution in [0.2, 0.25) is 0 Å². The number of aromatic nitrogens is 1. The van der Waals surface area contributed by atoms with Crippen LogP contribution in [0.4, 0.5) is 10.1 Å². The molecule has 0 saturated heterocycles. The van der Waals surface area contributed by atoms with Crippen molar-refractivity contribution in [2.45, 2.75) is 6.61 Å². The maximum atomic E-state index is 13.0. The number of rotatable bonds is 5. The molecule has 4 rings (SSSR count). The molecule has 8 heteroatoms. The highest BCUT2D eigenvalue weighted by molar-refractivity contribution is 6.03. The molecule has 1 aliphatic rings. The first-order chi connectivity index (χ1) is 14.0. The predicted octanol–water partition coefficient (Wildman–Crippen LogP) is 3.08. The van der Waals surface area contributed by atoms with Crippen LogP contribution in [-0.2, 0) is 13.7 Å². The van der Waals surface area contributed by atoms with Gasteiger partial charge in [-0.15, -0.1) is 0 Å². The SMILES string of the molecule is Cn1cc(OCc2ccc(F)cc2)c(=O)cc1C(=O)Nc1ccc2c(c1)OCO2. The van der Waals surface area contributed by atoms with Crippen LogP contribution in [0, 0.1) is 5.82 Å². The molecule has 1 amide bonds. The van der Waals surface area contributed by atoms with Gasteiger partial charge in [-0.25, -0.2) is 4.39 Å². The molecule has 29 heavy (non-hydrogen) atoms. The summed E-state index contributed by atoms with van der Waals surface area (Å²) in [7, 11) is 1.64. The standard InChI is InChI=1S/C21H17FN2O5/c1-24-10-20(27-11-13-2-4-14(22)5-3-13)17(25)9-16(24)21(26)23-15-6-7-18-19(8-15)29-12-28-18/h2-10H,11-12H2,1H3,(H,23,26). The third kappa shape index (κ3) is 4.06. The lowest BCUT2D eigenvalue weighted by atomic mass is 10.2. The minimum Gasteiger partial charge on any atom is -0.483 e. The Bertz CT molecular complexity index is 1120. The van der Waals surface area contributed by atoms with Gasteiger partial charge in [0.15, 0.2) is 17.2 Å². The van der Waals surface area contributed by atoms with Crippen molar-refractivity contribution >= 4 is 11.6 Å². The Morgan fingerprint density at radius 1 is 1.14 bits per heavy atom. The van der Waals surface area contributed by atoms with Gasteiger partial charge in [-0.3, -0.25) is 9.59 Å². The highest BCUT2D eigenvalue weighted by atomic mass is 19.1. The zero-order valence-corrected chi connectivity index (χ0v) is 15.5. The maximum absolute atomic E-state index is 13.0. The fourth-order valence-electron chi connectivity index (χ4n) is 2.85. The number of nitrogens with zero attached hydrogens (tertiary/aromatic N) is 1. The molecule has 0 spiro atoms. The fraction of sp³-hybridized carbons (Fsp3) is 0.143. The predicted molar refractivity (Wildman–Crippen MR) is 103 cm³/mol. The molecular weight excluding hydrogens is 379 g/mol. The molecule has 148 valence electrons. The summed E-state index contributed by atoms with van der Waals surface area (Å²) in [6.07, 6.45) is 1.44. The number of amides is 1. The number of pyridine rings is 1. The van der Waals surface area contributed by atoms with Gasteiger partial charge in [0.25, 0.3) is 5.91 Å². The smallest absolute Gasteiger partial charge is 0.272 e. The number of halogens is 1. The molecule has 2 heterocycles. The minimum absolute atomic E-state index is 0.0939. The Morgan fingerprint density at radius 3 is 2.69 bits per heavy atom. The average Bonchev–Trinajstić information content (AvgIpc) is 3.17. The summed E-state index contributed by atoms with van der Waals surface area (Å²) in [5, 5.41) is 2.73. The van der Waals surface area contributed by atoms with Gasteiger partial charge in [-0.05, 0) is 29.8 Å². The van der Waals surface area contributed by atoms with E-state index in [9.17, 15) is 14.0 Å². The lowest BCUT2D eigenvalue weighted by molar-refractivity contribution is 0.101. The highest BCUT2D eigenvalue weighted by Crippen LogP contribution is 2.34. The zero-order valence-electron chi connectivity index (χ0n) is 15.5. The van der Waals surface area contributed by atoms with E-state index in [4.69, 9.17) is 14.2 Å². The molecule has 7 nitrogen and oxygen atoms in total. The van der Waals surface area contributed by atoms with Crippen LogP contribution in [0.3, 0.4) is 0 Å². The number of anilines is 1. The zero-order chi connectivity index (χ0) is 20.4. The first-order valence-corrected chi connectivity index (χ1v) is 8.78. The number of aryl methyl sites for hydroxylation is 1. The number of nitrogens with one attached hydrogen (secondary N) is 1. The number of fused-ring (bicyclic) bond motifs is 1. The Morgan fingerprint density at radius 2 is 1.90 bits per heavy atom. The molecular formula is C21H17FN2O5. The number of hydrogen-bond donors (Lipinski definition) is 1. The van der Waals surface area contributed by atoms with E-state index in [2.05, 4.69) is 5.32 Å². The van der Waals surface area contributed by atoms with Crippen LogP contribution in [0.1, 0.15) is 16.1 Å². The van der Waals surface area contributed by atoms with Crippen molar-refractivity contribution in [2.24, 2.45) is 7.05 Å². The van der Waals surface area contributed by atoms with Gasteiger partial charge < -0.3 is 24.1 Å². The first-order valence-electron chi connectivity index (χ1n) is 8.78. The van der Waals surface area contributed by atoms with Crippen molar-refractivity contribution in [1.29, 1.82) is 0 Å². The monoisotopic (exact) mass is 396 g/mol. The second-order valence-corrected chi connectivity index (χ2v) is 6.44. The molecule has 0 radical (unpaired) electrons. The molecule has 3 aromatic rings. The van der Waals surface area contributed by atoms with Crippen molar-refractivity contribution in [1.82, 2.24) is 4.57 Å². The normalized spacial score (nSPS) is 11.9. The molecule has 2 aromatic carbocycles. The molecule has 1 aliphatic heterocycles. The molecule has 1 N–H and O–H groups in total. The van der Waals surface area contributed by atoms with Crippen LogP contribution < -0.4 is 25.0 Å². The summed E-state index contributed by atoms with van der Waals surface area (Å²) in [6, 6.07) is 12.0. The maximum Gasteiger partial charge on any atom is 0.272 e. The van der Waals surface area contributed by atoms with Crippen molar-refractivity contribution in [3.05, 3.63) is 82.0 Å². The van der Waals surface area contributed by atoms with E-state index in [0.717, 1.165) is 5.56 Å². The summed E-state index contributed by atoms with van der Waals surface area (Å²) in [5.41, 5.74) is 0.976. The highest BCUT2D eigenvalue weighted by Gasteiger charge is 2.17. The van der Waals surface area contributed by atoms with Gasteiger partial charge in [-0.1, -0.05) is 12.1 Å². The molecule has 0 aliphatic carbocycles.